The van der Waals surface area contributed by atoms with Gasteiger partial charge in [-0.3, -0.25) is 14.4 Å². The standard InChI is InChI=1S/C40H54O6/c1-11-46-32-17-15-29(23-31(32)41)34(42)33-35(43)39(21-18-27(6)7)24-30(16-14-26(4)5)38(10,20-12-13-25(2)3)40(36(33)44,37(39)45)22-19-28(8)9/h13-15,17-19,23,30,41-42H,11-12,16,20-22,24H2,1-10H3/b34-33+/t30-,38+,39-,40+/m0/s1. The van der Waals surface area contributed by atoms with Gasteiger partial charge in [-0.25, -0.2) is 0 Å². The lowest BCUT2D eigenvalue weighted by molar-refractivity contribution is -0.178. The maximum Gasteiger partial charge on any atom is 0.184 e. The summed E-state index contributed by atoms with van der Waals surface area (Å²) in [7, 11) is 0. The number of hydrogen-bond acceptors (Lipinski definition) is 6. The summed E-state index contributed by atoms with van der Waals surface area (Å²) in [6.07, 6.45) is 10.6. The number of rotatable bonds is 12. The number of ketones is 3. The quantitative estimate of drug-likeness (QED) is 0.0784. The fraction of sp³-hybridized carbons (Fsp3) is 0.525. The van der Waals surface area contributed by atoms with Crippen LogP contribution >= 0.6 is 0 Å². The molecule has 0 aliphatic heterocycles. The number of phenols is 1. The maximum atomic E-state index is 15.3. The van der Waals surface area contributed by atoms with Gasteiger partial charge in [0.1, 0.15) is 16.7 Å². The van der Waals surface area contributed by atoms with E-state index in [4.69, 9.17) is 4.74 Å². The summed E-state index contributed by atoms with van der Waals surface area (Å²) in [5.41, 5.74) is 0.0572. The minimum atomic E-state index is -1.59. The number of aromatic hydroxyl groups is 1. The van der Waals surface area contributed by atoms with Crippen molar-refractivity contribution < 1.29 is 29.3 Å². The molecule has 250 valence electrons. The van der Waals surface area contributed by atoms with Crippen molar-refractivity contribution in [2.24, 2.45) is 22.2 Å². The molecule has 2 saturated carbocycles. The van der Waals surface area contributed by atoms with Gasteiger partial charge in [-0.05, 0) is 130 Å². The van der Waals surface area contributed by atoms with Crippen LogP contribution in [-0.2, 0) is 14.4 Å². The number of carbonyl (C=O) groups is 3. The molecule has 6 nitrogen and oxygen atoms in total. The summed E-state index contributed by atoms with van der Waals surface area (Å²) in [4.78, 5) is 45.3. The van der Waals surface area contributed by atoms with Crippen LogP contribution in [0.2, 0.25) is 0 Å². The minimum Gasteiger partial charge on any atom is -0.506 e. The number of hydrogen-bond donors (Lipinski definition) is 2. The zero-order chi connectivity index (χ0) is 34.6. The SMILES string of the molecule is CCOc1ccc(/C(O)=C2/C(=O)[C@]3(CC=C(C)C)C[C@H](CC=C(C)C)[C@@](C)(CCC=C(C)C)[C@](CC=C(C)C)(C2=O)C3=O)cc1O. The third kappa shape index (κ3) is 6.72. The first kappa shape index (κ1) is 36.8. The molecule has 0 spiro atoms. The zero-order valence-corrected chi connectivity index (χ0v) is 29.6. The Balaban J connectivity index is 2.49. The molecule has 46 heavy (non-hydrogen) atoms. The highest BCUT2D eigenvalue weighted by Crippen LogP contribution is 2.67. The molecule has 6 heteroatoms. The van der Waals surface area contributed by atoms with Crippen LogP contribution in [0.3, 0.4) is 0 Å². The number of benzene rings is 1. The average molecular weight is 631 g/mol. The molecule has 4 atom stereocenters. The molecule has 2 aliphatic carbocycles. The zero-order valence-electron chi connectivity index (χ0n) is 29.6. The normalized spacial score (nSPS) is 26.7. The van der Waals surface area contributed by atoms with Crippen molar-refractivity contribution in [2.45, 2.75) is 108 Å². The van der Waals surface area contributed by atoms with E-state index in [2.05, 4.69) is 19.1 Å². The summed E-state index contributed by atoms with van der Waals surface area (Å²) in [6.45, 7) is 20.1. The van der Waals surface area contributed by atoms with E-state index in [9.17, 15) is 15.0 Å². The molecule has 2 fully saturated rings. The highest BCUT2D eigenvalue weighted by Gasteiger charge is 2.74. The molecular weight excluding hydrogens is 576 g/mol. The van der Waals surface area contributed by atoms with Crippen molar-refractivity contribution in [3.63, 3.8) is 0 Å². The Hall–Kier alpha value is -3.67. The van der Waals surface area contributed by atoms with Gasteiger partial charge in [-0.2, -0.15) is 0 Å². The predicted molar refractivity (Wildman–Crippen MR) is 186 cm³/mol. The molecule has 0 amide bonds. The number of fused-ring (bicyclic) bond motifs is 2. The highest BCUT2D eigenvalue weighted by molar-refractivity contribution is 6.41. The Morgan fingerprint density at radius 2 is 1.46 bits per heavy atom. The van der Waals surface area contributed by atoms with Crippen molar-refractivity contribution in [1.29, 1.82) is 0 Å². The molecule has 2 bridgehead atoms. The number of allylic oxidation sites excluding steroid dienone is 9. The van der Waals surface area contributed by atoms with E-state index < -0.39 is 33.6 Å². The van der Waals surface area contributed by atoms with Crippen LogP contribution in [0.1, 0.15) is 113 Å². The molecule has 0 aromatic heterocycles. The number of aliphatic hydroxyl groups excluding tert-OH is 1. The lowest BCUT2D eigenvalue weighted by atomic mass is 9.37. The number of phenolic OH excluding ortho intramolecular Hbond substituents is 1. The minimum absolute atomic E-state index is 0.118. The molecule has 3 rings (SSSR count). The average Bonchev–Trinajstić information content (AvgIpc) is 2.96. The summed E-state index contributed by atoms with van der Waals surface area (Å²) < 4.78 is 5.46. The number of carbonyl (C=O) groups excluding carboxylic acids is 3. The van der Waals surface area contributed by atoms with Crippen LogP contribution in [0.5, 0.6) is 11.5 Å². The third-order valence-electron chi connectivity index (χ3n) is 10.0. The van der Waals surface area contributed by atoms with Crippen LogP contribution in [0.25, 0.3) is 5.76 Å². The lowest BCUT2D eigenvalue weighted by Gasteiger charge is -2.61. The molecule has 0 radical (unpaired) electrons. The van der Waals surface area contributed by atoms with E-state index in [0.29, 0.717) is 25.9 Å². The largest absolute Gasteiger partial charge is 0.506 e. The van der Waals surface area contributed by atoms with Crippen molar-refractivity contribution >= 4 is 23.1 Å². The second-order valence-electron chi connectivity index (χ2n) is 14.4. The van der Waals surface area contributed by atoms with Gasteiger partial charge in [0.25, 0.3) is 0 Å². The van der Waals surface area contributed by atoms with Gasteiger partial charge in [-0.1, -0.05) is 53.5 Å². The van der Waals surface area contributed by atoms with E-state index in [0.717, 1.165) is 22.3 Å². The summed E-state index contributed by atoms with van der Waals surface area (Å²) in [5.74, 6) is -2.24. The molecule has 0 unspecified atom stereocenters. The topological polar surface area (TPSA) is 101 Å². The van der Waals surface area contributed by atoms with Crippen molar-refractivity contribution in [3.05, 3.63) is 75.9 Å². The predicted octanol–water partition coefficient (Wildman–Crippen LogP) is 9.60. The maximum absolute atomic E-state index is 15.3. The highest BCUT2D eigenvalue weighted by atomic mass is 16.5. The van der Waals surface area contributed by atoms with Crippen LogP contribution in [0, 0.1) is 22.2 Å². The van der Waals surface area contributed by atoms with Gasteiger partial charge in [0.15, 0.2) is 28.8 Å². The van der Waals surface area contributed by atoms with Gasteiger partial charge in [0.2, 0.25) is 0 Å². The first-order valence-electron chi connectivity index (χ1n) is 16.6. The molecule has 2 aliphatic rings. The van der Waals surface area contributed by atoms with Gasteiger partial charge in [0.05, 0.1) is 12.0 Å². The van der Waals surface area contributed by atoms with Gasteiger partial charge < -0.3 is 14.9 Å². The van der Waals surface area contributed by atoms with E-state index in [1.165, 1.54) is 18.2 Å². The second-order valence-corrected chi connectivity index (χ2v) is 14.4. The fourth-order valence-corrected chi connectivity index (χ4v) is 7.39. The summed E-state index contributed by atoms with van der Waals surface area (Å²) in [6, 6.07) is 4.33. The first-order chi connectivity index (χ1) is 21.5. The van der Waals surface area contributed by atoms with E-state index in [1.807, 2.05) is 67.5 Å². The van der Waals surface area contributed by atoms with Gasteiger partial charge in [0, 0.05) is 5.56 Å². The molecular formula is C40H54O6. The molecule has 1 aromatic carbocycles. The van der Waals surface area contributed by atoms with Crippen molar-refractivity contribution in [3.8, 4) is 11.5 Å². The molecule has 0 heterocycles. The number of aliphatic hydroxyl groups is 1. The Labute approximate surface area is 276 Å². The summed E-state index contributed by atoms with van der Waals surface area (Å²) >= 11 is 0. The Bertz CT molecular complexity index is 1520. The molecule has 1 aromatic rings. The first-order valence-corrected chi connectivity index (χ1v) is 16.6. The van der Waals surface area contributed by atoms with Gasteiger partial charge >= 0.3 is 0 Å². The Kier molecular flexibility index (Phi) is 11.5. The summed E-state index contributed by atoms with van der Waals surface area (Å²) in [5, 5.41) is 22.5. The van der Waals surface area contributed by atoms with E-state index in [1.54, 1.807) is 6.92 Å². The Morgan fingerprint density at radius 1 is 0.870 bits per heavy atom. The van der Waals surface area contributed by atoms with Gasteiger partial charge in [-0.15, -0.1) is 0 Å². The molecule has 2 N–H and O–H groups in total. The molecule has 0 saturated heterocycles. The lowest BCUT2D eigenvalue weighted by Crippen LogP contribution is -2.70. The van der Waals surface area contributed by atoms with Crippen LogP contribution in [0.4, 0.5) is 0 Å². The van der Waals surface area contributed by atoms with Crippen molar-refractivity contribution in [1.82, 2.24) is 0 Å². The smallest absolute Gasteiger partial charge is 0.184 e. The van der Waals surface area contributed by atoms with E-state index >= 15 is 9.59 Å². The Morgan fingerprint density at radius 3 is 2.00 bits per heavy atom. The number of Topliss-reactive ketones (excluding diaryl/α,β-unsaturated/α-hetero) is 3. The van der Waals surface area contributed by atoms with Crippen LogP contribution in [0.15, 0.2) is 70.4 Å². The fourth-order valence-electron chi connectivity index (χ4n) is 7.39. The van der Waals surface area contributed by atoms with Crippen molar-refractivity contribution in [2.75, 3.05) is 6.61 Å². The second kappa shape index (κ2) is 14.4. The number of ether oxygens (including phenoxy) is 1. The van der Waals surface area contributed by atoms with Crippen LogP contribution < -0.4 is 4.74 Å². The van der Waals surface area contributed by atoms with Crippen LogP contribution in [-0.4, -0.2) is 34.2 Å². The monoisotopic (exact) mass is 630 g/mol. The third-order valence-corrected chi connectivity index (χ3v) is 10.0. The van der Waals surface area contributed by atoms with E-state index in [-0.39, 0.29) is 53.6 Å².